The smallest absolute Gasteiger partial charge is 0.308 e. The molecule has 0 aliphatic rings. The van der Waals surface area contributed by atoms with Crippen LogP contribution in [0.2, 0.25) is 0 Å². The summed E-state index contributed by atoms with van der Waals surface area (Å²) in [7, 11) is 0. The van der Waals surface area contributed by atoms with Gasteiger partial charge >= 0.3 is 11.9 Å². The van der Waals surface area contributed by atoms with Crippen LogP contribution < -0.4 is 0 Å². The standard InChI is InChI=1S/C14H26O6/c1-9(2)17-11(5)19-13(15)7-8-14(16)20-12(6)18-10(3)4/h9-12H,7-8H2,1-6H3. The first-order chi connectivity index (χ1) is 9.20. The lowest BCUT2D eigenvalue weighted by atomic mass is 10.3. The van der Waals surface area contributed by atoms with Gasteiger partial charge in [0.05, 0.1) is 25.0 Å². The second kappa shape index (κ2) is 9.72. The Morgan fingerprint density at radius 2 is 1.00 bits per heavy atom. The van der Waals surface area contributed by atoms with E-state index in [1.807, 2.05) is 27.7 Å². The fraction of sp³-hybridized carbons (Fsp3) is 0.857. The van der Waals surface area contributed by atoms with Crippen LogP contribution in [0.5, 0.6) is 0 Å². The van der Waals surface area contributed by atoms with E-state index in [1.54, 1.807) is 13.8 Å². The molecule has 0 aromatic rings. The lowest BCUT2D eigenvalue weighted by molar-refractivity contribution is -0.188. The summed E-state index contributed by atoms with van der Waals surface area (Å²) in [4.78, 5) is 22.9. The quantitative estimate of drug-likeness (QED) is 0.479. The molecule has 20 heavy (non-hydrogen) atoms. The van der Waals surface area contributed by atoms with E-state index in [2.05, 4.69) is 0 Å². The third-order valence-corrected chi connectivity index (χ3v) is 2.06. The van der Waals surface area contributed by atoms with Gasteiger partial charge < -0.3 is 18.9 Å². The monoisotopic (exact) mass is 290 g/mol. The first-order valence-corrected chi connectivity index (χ1v) is 6.90. The maximum atomic E-state index is 11.5. The number of hydrogen-bond donors (Lipinski definition) is 0. The predicted molar refractivity (Wildman–Crippen MR) is 72.8 cm³/mol. The van der Waals surface area contributed by atoms with E-state index in [4.69, 9.17) is 18.9 Å². The van der Waals surface area contributed by atoms with Crippen LogP contribution in [0, 0.1) is 0 Å². The molecule has 0 saturated heterocycles. The average molecular weight is 290 g/mol. The van der Waals surface area contributed by atoms with Gasteiger partial charge in [-0.25, -0.2) is 0 Å². The minimum absolute atomic E-state index is 0.0307. The van der Waals surface area contributed by atoms with E-state index in [9.17, 15) is 9.59 Å². The van der Waals surface area contributed by atoms with Gasteiger partial charge in [-0.05, 0) is 41.5 Å². The molecule has 6 nitrogen and oxygen atoms in total. The molecule has 0 heterocycles. The highest BCUT2D eigenvalue weighted by Crippen LogP contribution is 2.05. The lowest BCUT2D eigenvalue weighted by Gasteiger charge is -2.17. The molecular formula is C14H26O6. The Morgan fingerprint density at radius 1 is 0.700 bits per heavy atom. The third kappa shape index (κ3) is 10.8. The van der Waals surface area contributed by atoms with Crippen molar-refractivity contribution in [2.24, 2.45) is 0 Å². The van der Waals surface area contributed by atoms with Gasteiger partial charge in [-0.1, -0.05) is 0 Å². The maximum absolute atomic E-state index is 11.5. The largest absolute Gasteiger partial charge is 0.436 e. The van der Waals surface area contributed by atoms with Gasteiger partial charge in [0.1, 0.15) is 0 Å². The molecule has 0 bridgehead atoms. The molecular weight excluding hydrogens is 264 g/mol. The molecule has 2 atom stereocenters. The van der Waals surface area contributed by atoms with Crippen LogP contribution in [0.4, 0.5) is 0 Å². The molecule has 0 N–H and O–H groups in total. The highest BCUT2D eigenvalue weighted by molar-refractivity contribution is 5.77. The Hall–Kier alpha value is -1.14. The summed E-state index contributed by atoms with van der Waals surface area (Å²) in [5.41, 5.74) is 0. The number of ether oxygens (including phenoxy) is 4. The summed E-state index contributed by atoms with van der Waals surface area (Å²) in [5, 5.41) is 0. The zero-order valence-corrected chi connectivity index (χ0v) is 13.2. The van der Waals surface area contributed by atoms with Crippen LogP contribution in [0.3, 0.4) is 0 Å². The zero-order chi connectivity index (χ0) is 15.7. The Bertz CT molecular complexity index is 270. The van der Waals surface area contributed by atoms with Crippen LogP contribution in [0.15, 0.2) is 0 Å². The highest BCUT2D eigenvalue weighted by Gasteiger charge is 2.16. The van der Waals surface area contributed by atoms with Crippen LogP contribution in [0.25, 0.3) is 0 Å². The van der Waals surface area contributed by atoms with Gasteiger partial charge in [0.15, 0.2) is 12.6 Å². The lowest BCUT2D eigenvalue weighted by Crippen LogP contribution is -2.24. The molecule has 0 radical (unpaired) electrons. The van der Waals surface area contributed by atoms with Gasteiger partial charge in [-0.2, -0.15) is 0 Å². The summed E-state index contributed by atoms with van der Waals surface area (Å²) >= 11 is 0. The topological polar surface area (TPSA) is 71.1 Å². The highest BCUT2D eigenvalue weighted by atomic mass is 16.7. The first kappa shape index (κ1) is 18.9. The van der Waals surface area contributed by atoms with Gasteiger partial charge in [0, 0.05) is 0 Å². The Balaban J connectivity index is 3.86. The number of carbonyl (C=O) groups is 2. The fourth-order valence-corrected chi connectivity index (χ4v) is 1.51. The van der Waals surface area contributed by atoms with Gasteiger partial charge in [0.25, 0.3) is 0 Å². The Kier molecular flexibility index (Phi) is 9.16. The van der Waals surface area contributed by atoms with Crippen molar-refractivity contribution in [1.82, 2.24) is 0 Å². The predicted octanol–water partition coefficient (Wildman–Crippen LogP) is 2.40. The van der Waals surface area contributed by atoms with Crippen molar-refractivity contribution in [3.8, 4) is 0 Å². The average Bonchev–Trinajstić information content (AvgIpc) is 2.23. The first-order valence-electron chi connectivity index (χ1n) is 6.90. The maximum Gasteiger partial charge on any atom is 0.308 e. The van der Waals surface area contributed by atoms with Gasteiger partial charge in [0.2, 0.25) is 0 Å². The van der Waals surface area contributed by atoms with Crippen molar-refractivity contribution >= 4 is 11.9 Å². The summed E-state index contributed by atoms with van der Waals surface area (Å²) < 4.78 is 20.5. The molecule has 0 aliphatic carbocycles. The molecule has 118 valence electrons. The number of carbonyl (C=O) groups excluding carboxylic acids is 2. The molecule has 2 unspecified atom stereocenters. The molecule has 0 aromatic carbocycles. The second-order valence-corrected chi connectivity index (χ2v) is 4.98. The molecule has 0 rings (SSSR count). The van der Waals surface area contributed by atoms with Gasteiger partial charge in [-0.15, -0.1) is 0 Å². The van der Waals surface area contributed by atoms with E-state index in [0.717, 1.165) is 0 Å². The van der Waals surface area contributed by atoms with Crippen molar-refractivity contribution in [1.29, 1.82) is 0 Å². The van der Waals surface area contributed by atoms with Crippen molar-refractivity contribution < 1.29 is 28.5 Å². The molecule has 0 saturated carbocycles. The summed E-state index contributed by atoms with van der Waals surface area (Å²) in [6.45, 7) is 10.6. The molecule has 0 aromatic heterocycles. The summed E-state index contributed by atoms with van der Waals surface area (Å²) in [6.07, 6.45) is -1.39. The summed E-state index contributed by atoms with van der Waals surface area (Å²) in [6, 6.07) is 0. The normalized spacial score (nSPS) is 14.2. The van der Waals surface area contributed by atoms with Crippen molar-refractivity contribution in [2.75, 3.05) is 0 Å². The molecule has 6 heteroatoms. The molecule has 0 spiro atoms. The molecule has 0 fully saturated rings. The van der Waals surface area contributed by atoms with E-state index in [-0.39, 0.29) is 25.0 Å². The number of hydrogen-bond acceptors (Lipinski definition) is 6. The van der Waals surface area contributed by atoms with Crippen LogP contribution in [0.1, 0.15) is 54.4 Å². The SMILES string of the molecule is CC(C)OC(C)OC(=O)CCC(=O)OC(C)OC(C)C. The van der Waals surface area contributed by atoms with Crippen LogP contribution in [-0.4, -0.2) is 36.7 Å². The van der Waals surface area contributed by atoms with Crippen LogP contribution >= 0.6 is 0 Å². The minimum Gasteiger partial charge on any atom is -0.436 e. The van der Waals surface area contributed by atoms with Gasteiger partial charge in [-0.3, -0.25) is 9.59 Å². The number of esters is 2. The van der Waals surface area contributed by atoms with E-state index >= 15 is 0 Å². The number of rotatable bonds is 9. The Labute approximate surface area is 120 Å². The van der Waals surface area contributed by atoms with E-state index in [1.165, 1.54) is 0 Å². The van der Waals surface area contributed by atoms with Crippen LogP contribution in [-0.2, 0) is 28.5 Å². The van der Waals surface area contributed by atoms with Crippen molar-refractivity contribution in [3.63, 3.8) is 0 Å². The molecule has 0 amide bonds. The second-order valence-electron chi connectivity index (χ2n) is 4.98. The van der Waals surface area contributed by atoms with Crippen molar-refractivity contribution in [3.05, 3.63) is 0 Å². The Morgan fingerprint density at radius 3 is 1.25 bits per heavy atom. The van der Waals surface area contributed by atoms with E-state index < -0.39 is 24.5 Å². The summed E-state index contributed by atoms with van der Waals surface area (Å²) in [5.74, 6) is -0.986. The zero-order valence-electron chi connectivity index (χ0n) is 13.2. The van der Waals surface area contributed by atoms with E-state index in [0.29, 0.717) is 0 Å². The third-order valence-electron chi connectivity index (χ3n) is 2.06. The minimum atomic E-state index is -0.623. The fourth-order valence-electron chi connectivity index (χ4n) is 1.51. The van der Waals surface area contributed by atoms with Crippen molar-refractivity contribution in [2.45, 2.75) is 79.2 Å². The molecule has 0 aliphatic heterocycles.